The summed E-state index contributed by atoms with van der Waals surface area (Å²) in [5.74, 6) is -1.75. The highest BCUT2D eigenvalue weighted by Crippen LogP contribution is 2.38. The van der Waals surface area contributed by atoms with E-state index in [4.69, 9.17) is 4.74 Å². The van der Waals surface area contributed by atoms with Crippen LogP contribution in [0.5, 0.6) is 0 Å². The molecule has 214 valence electrons. The molecule has 0 aromatic heterocycles. The molecule has 3 aromatic rings. The van der Waals surface area contributed by atoms with Crippen LogP contribution in [0.4, 0.5) is 31.9 Å². The molecule has 0 fully saturated rings. The van der Waals surface area contributed by atoms with Crippen LogP contribution in [0.3, 0.4) is 0 Å². The van der Waals surface area contributed by atoms with Crippen LogP contribution in [0, 0.1) is 11.2 Å². The monoisotopic (exact) mass is 560 g/mol. The topological polar surface area (TPSA) is 108 Å². The maximum absolute atomic E-state index is 15.1. The lowest BCUT2D eigenvalue weighted by Crippen LogP contribution is -2.54. The number of carbonyl (C=O) groups is 4. The third-order valence-corrected chi connectivity index (χ3v) is 6.61. The van der Waals surface area contributed by atoms with Gasteiger partial charge in [0.25, 0.3) is 5.91 Å². The molecule has 3 aromatic carbocycles. The number of ketones is 1. The van der Waals surface area contributed by atoms with Gasteiger partial charge in [0, 0.05) is 11.1 Å². The lowest BCUT2D eigenvalue weighted by Gasteiger charge is -2.28. The number of rotatable bonds is 7. The highest BCUT2D eigenvalue weighted by molar-refractivity contribution is 6.08. The molecule has 3 amide bonds. The van der Waals surface area contributed by atoms with Crippen molar-refractivity contribution < 1.29 is 28.3 Å². The second-order valence-electron chi connectivity index (χ2n) is 10.6. The van der Waals surface area contributed by atoms with Crippen LogP contribution in [-0.2, 0) is 14.3 Å². The fraction of sp³-hybridized carbons (Fsp3) is 0.290. The minimum atomic E-state index is -1.16. The highest BCUT2D eigenvalue weighted by Gasteiger charge is 2.38. The Hall–Kier alpha value is -4.73. The predicted molar refractivity (Wildman–Crippen MR) is 155 cm³/mol. The summed E-state index contributed by atoms with van der Waals surface area (Å²) in [6.07, 6.45) is 0. The van der Waals surface area contributed by atoms with Crippen LogP contribution in [0.25, 0.3) is 0 Å². The van der Waals surface area contributed by atoms with Crippen molar-refractivity contribution in [2.75, 3.05) is 34.8 Å². The lowest BCUT2D eigenvalue weighted by atomic mass is 9.90. The average Bonchev–Trinajstić information content (AvgIpc) is 3.04. The molecule has 0 saturated carbocycles. The zero-order chi connectivity index (χ0) is 29.7. The molecule has 0 aliphatic carbocycles. The molecular formula is C31H33FN4O5. The number of carbonyl (C=O) groups excluding carboxylic acids is 4. The number of ether oxygens (including phenoxy) is 1. The Bertz CT molecular complexity index is 1470. The van der Waals surface area contributed by atoms with E-state index in [1.54, 1.807) is 93.3 Å². The van der Waals surface area contributed by atoms with Crippen molar-refractivity contribution in [1.29, 1.82) is 0 Å². The van der Waals surface area contributed by atoms with Gasteiger partial charge in [0.1, 0.15) is 11.9 Å². The molecule has 0 spiro atoms. The second-order valence-corrected chi connectivity index (χ2v) is 10.6. The van der Waals surface area contributed by atoms with Gasteiger partial charge in [-0.25, -0.2) is 14.0 Å². The Morgan fingerprint density at radius 1 is 0.951 bits per heavy atom. The summed E-state index contributed by atoms with van der Waals surface area (Å²) < 4.78 is 20.1. The molecule has 9 nitrogen and oxygen atoms in total. The van der Waals surface area contributed by atoms with E-state index in [1.165, 1.54) is 17.0 Å². The summed E-state index contributed by atoms with van der Waals surface area (Å²) >= 11 is 0. The van der Waals surface area contributed by atoms with E-state index in [9.17, 15) is 19.2 Å². The molecule has 1 unspecified atom stereocenters. The summed E-state index contributed by atoms with van der Waals surface area (Å²) in [5.41, 5.74) is 0.985. The number of fused-ring (bicyclic) bond motifs is 1. The number of urea groups is 1. The lowest BCUT2D eigenvalue weighted by molar-refractivity contribution is -0.127. The average molecular weight is 561 g/mol. The third kappa shape index (κ3) is 6.71. The van der Waals surface area contributed by atoms with E-state index < -0.39 is 35.2 Å². The van der Waals surface area contributed by atoms with Crippen LogP contribution < -0.4 is 20.4 Å². The van der Waals surface area contributed by atoms with Gasteiger partial charge in [-0.15, -0.1) is 0 Å². The number of esters is 1. The smallest absolute Gasteiger partial charge is 0.338 e. The molecule has 0 radical (unpaired) electrons. The first-order valence-electron chi connectivity index (χ1n) is 13.3. The molecule has 1 atom stereocenters. The zero-order valence-electron chi connectivity index (χ0n) is 23.4. The Balaban J connectivity index is 1.69. The van der Waals surface area contributed by atoms with Crippen molar-refractivity contribution in [2.24, 2.45) is 5.41 Å². The van der Waals surface area contributed by atoms with Crippen LogP contribution in [0.2, 0.25) is 0 Å². The number of benzene rings is 3. The minimum Gasteiger partial charge on any atom is -0.462 e. The van der Waals surface area contributed by atoms with Gasteiger partial charge in [0.2, 0.25) is 0 Å². The Morgan fingerprint density at radius 2 is 1.61 bits per heavy atom. The van der Waals surface area contributed by atoms with E-state index in [-0.39, 0.29) is 36.7 Å². The number of halogens is 1. The van der Waals surface area contributed by atoms with E-state index in [2.05, 4.69) is 10.6 Å². The quantitative estimate of drug-likeness (QED) is 0.380. The Labute approximate surface area is 238 Å². The predicted octanol–water partition coefficient (Wildman–Crippen LogP) is 5.29. The molecule has 1 aliphatic rings. The molecule has 10 heteroatoms. The van der Waals surface area contributed by atoms with Gasteiger partial charge in [-0.05, 0) is 49.4 Å². The number of hydrogen-bond donors (Lipinski definition) is 2. The second kappa shape index (κ2) is 12.2. The molecule has 2 N–H and O–H groups in total. The molecule has 0 bridgehead atoms. The van der Waals surface area contributed by atoms with Gasteiger partial charge in [-0.3, -0.25) is 9.59 Å². The summed E-state index contributed by atoms with van der Waals surface area (Å²) in [7, 11) is 0. The van der Waals surface area contributed by atoms with E-state index in [0.29, 0.717) is 17.1 Å². The summed E-state index contributed by atoms with van der Waals surface area (Å²) in [6, 6.07) is 17.4. The van der Waals surface area contributed by atoms with Crippen LogP contribution in [-0.4, -0.2) is 49.4 Å². The van der Waals surface area contributed by atoms with Gasteiger partial charge in [-0.2, -0.15) is 0 Å². The fourth-order valence-corrected chi connectivity index (χ4v) is 4.40. The van der Waals surface area contributed by atoms with Crippen molar-refractivity contribution in [1.82, 2.24) is 5.32 Å². The van der Waals surface area contributed by atoms with Gasteiger partial charge in [0.15, 0.2) is 5.78 Å². The third-order valence-electron chi connectivity index (χ3n) is 6.61. The standard InChI is InChI=1S/C31H33FN4O5/c1-5-41-29(39)20-11-10-12-21(17-20)33-30(40)34-23-18-35(24-14-7-6-13-22(24)32)25-15-8-9-16-26(25)36(28(23)38)19-27(37)31(2,3)4/h6-17,23H,5,18-19H2,1-4H3,(H2,33,34,40). The maximum Gasteiger partial charge on any atom is 0.338 e. The first kappa shape index (κ1) is 29.3. The zero-order valence-corrected chi connectivity index (χ0v) is 23.4. The minimum absolute atomic E-state index is 0.104. The van der Waals surface area contributed by atoms with Crippen molar-refractivity contribution >= 4 is 46.4 Å². The molecule has 1 aliphatic heterocycles. The van der Waals surface area contributed by atoms with E-state index in [1.807, 2.05) is 0 Å². The normalized spacial score (nSPS) is 15.0. The number of para-hydroxylation sites is 3. The number of amides is 3. The van der Waals surface area contributed by atoms with E-state index >= 15 is 4.39 Å². The summed E-state index contributed by atoms with van der Waals surface area (Å²) in [4.78, 5) is 55.3. The molecule has 4 rings (SSSR count). The first-order chi connectivity index (χ1) is 19.5. The molecular weight excluding hydrogens is 527 g/mol. The van der Waals surface area contributed by atoms with Crippen molar-refractivity contribution in [3.8, 4) is 0 Å². The van der Waals surface area contributed by atoms with Crippen molar-refractivity contribution in [3.05, 3.63) is 84.2 Å². The number of Topliss-reactive ketones (excluding diaryl/α,β-unsaturated/α-hetero) is 1. The van der Waals surface area contributed by atoms with Crippen molar-refractivity contribution in [2.45, 2.75) is 33.7 Å². The van der Waals surface area contributed by atoms with Gasteiger partial charge in [0.05, 0.1) is 42.3 Å². The SMILES string of the molecule is CCOC(=O)c1cccc(NC(=O)NC2CN(c3ccccc3F)c3ccccc3N(CC(=O)C(C)(C)C)C2=O)c1. The van der Waals surface area contributed by atoms with Crippen LogP contribution in [0.15, 0.2) is 72.8 Å². The molecule has 0 saturated heterocycles. The number of anilines is 4. The Kier molecular flexibility index (Phi) is 8.71. The number of nitrogens with zero attached hydrogens (tertiary/aromatic N) is 2. The van der Waals surface area contributed by atoms with Crippen molar-refractivity contribution in [3.63, 3.8) is 0 Å². The molecule has 41 heavy (non-hydrogen) atoms. The molecule has 1 heterocycles. The van der Waals surface area contributed by atoms with Gasteiger partial charge >= 0.3 is 12.0 Å². The maximum atomic E-state index is 15.1. The summed E-state index contributed by atoms with van der Waals surface area (Å²) in [6.45, 7) is 6.86. The van der Waals surface area contributed by atoms with E-state index in [0.717, 1.165) is 0 Å². The largest absolute Gasteiger partial charge is 0.462 e. The van der Waals surface area contributed by atoms with Gasteiger partial charge in [-0.1, -0.05) is 51.1 Å². The number of hydrogen-bond acceptors (Lipinski definition) is 6. The summed E-state index contributed by atoms with van der Waals surface area (Å²) in [5, 5.41) is 5.34. The first-order valence-corrected chi connectivity index (χ1v) is 13.3. The van der Waals surface area contributed by atoms with Crippen LogP contribution >= 0.6 is 0 Å². The van der Waals surface area contributed by atoms with Gasteiger partial charge < -0.3 is 25.2 Å². The Morgan fingerprint density at radius 3 is 2.27 bits per heavy atom. The number of nitrogens with one attached hydrogen (secondary N) is 2. The fourth-order valence-electron chi connectivity index (χ4n) is 4.40. The van der Waals surface area contributed by atoms with Crippen LogP contribution in [0.1, 0.15) is 38.1 Å². The highest BCUT2D eigenvalue weighted by atomic mass is 19.1.